The molecule has 7 aromatic rings. The van der Waals surface area contributed by atoms with Gasteiger partial charge in [-0.3, -0.25) is 4.98 Å². The van der Waals surface area contributed by atoms with Gasteiger partial charge in [-0.15, -0.1) is 11.8 Å². The van der Waals surface area contributed by atoms with Gasteiger partial charge >= 0.3 is 0 Å². The first kappa shape index (κ1) is 31.2. The lowest BCUT2D eigenvalue weighted by molar-refractivity contribution is 0.448. The van der Waals surface area contributed by atoms with Crippen LogP contribution >= 0.6 is 11.8 Å². The van der Waals surface area contributed by atoms with Crippen molar-refractivity contribution < 1.29 is 0 Å². The number of thioether (sulfide) groups is 1. The molecular weight excluding hydrogens is 677 g/mol. The number of aromatic nitrogens is 1. The molecule has 6 aromatic carbocycles. The van der Waals surface area contributed by atoms with Crippen LogP contribution in [0.25, 0.3) is 44.3 Å². The predicted octanol–water partition coefficient (Wildman–Crippen LogP) is 11.2. The lowest BCUT2D eigenvalue weighted by Gasteiger charge is -2.48. The average Bonchev–Trinajstić information content (AvgIpc) is 3.54. The number of hydrogen-bond acceptors (Lipinski definition) is 5. The molecule has 4 aliphatic rings. The summed E-state index contributed by atoms with van der Waals surface area (Å²) in [5.74, 6) is 0.875. The van der Waals surface area contributed by atoms with E-state index in [0.29, 0.717) is 0 Å². The summed E-state index contributed by atoms with van der Waals surface area (Å²) >= 11 is 1.97. The van der Waals surface area contributed by atoms with Crippen LogP contribution in [0.3, 0.4) is 0 Å². The van der Waals surface area contributed by atoms with E-state index in [2.05, 4.69) is 169 Å². The lowest BCUT2D eigenvalue weighted by atomic mass is 9.61. The number of fused-ring (bicyclic) bond motifs is 10. The molecule has 54 heavy (non-hydrogen) atoms. The molecule has 0 bridgehead atoms. The van der Waals surface area contributed by atoms with E-state index >= 15 is 0 Å². The minimum atomic E-state index is -0.421. The first-order valence-corrected chi connectivity index (χ1v) is 19.4. The Balaban J connectivity index is 1.10. The van der Waals surface area contributed by atoms with Crippen molar-refractivity contribution in [3.63, 3.8) is 0 Å². The van der Waals surface area contributed by atoms with Crippen LogP contribution in [0.2, 0.25) is 0 Å². The van der Waals surface area contributed by atoms with E-state index in [1.54, 1.807) is 6.34 Å². The minimum Gasteiger partial charge on any atom is -0.351 e. The van der Waals surface area contributed by atoms with E-state index in [1.807, 2.05) is 24.0 Å². The summed E-state index contributed by atoms with van der Waals surface area (Å²) in [4.78, 5) is 16.1. The van der Waals surface area contributed by atoms with E-state index in [0.717, 1.165) is 33.6 Å². The van der Waals surface area contributed by atoms with Crippen LogP contribution < -0.4 is 5.32 Å². The van der Waals surface area contributed by atoms with E-state index in [9.17, 15) is 0 Å². The molecule has 11 rings (SSSR count). The lowest BCUT2D eigenvalue weighted by Crippen LogP contribution is -2.44. The van der Waals surface area contributed by atoms with Crippen LogP contribution in [0.4, 0.5) is 0 Å². The number of amidine groups is 1. The molecule has 4 nitrogen and oxygen atoms in total. The fourth-order valence-electron chi connectivity index (χ4n) is 9.17. The van der Waals surface area contributed by atoms with Gasteiger partial charge in [-0.2, -0.15) is 0 Å². The van der Waals surface area contributed by atoms with Crippen LogP contribution in [0, 0.1) is 5.92 Å². The van der Waals surface area contributed by atoms with Crippen molar-refractivity contribution in [2.45, 2.75) is 21.7 Å². The van der Waals surface area contributed by atoms with Gasteiger partial charge in [0.15, 0.2) is 5.84 Å². The van der Waals surface area contributed by atoms with Crippen LogP contribution in [-0.2, 0) is 5.41 Å². The zero-order chi connectivity index (χ0) is 35.6. The number of aliphatic imine (C=N–C) groups is 2. The quantitative estimate of drug-likeness (QED) is 0.198. The predicted molar refractivity (Wildman–Crippen MR) is 223 cm³/mol. The molecule has 2 aliphatic heterocycles. The summed E-state index contributed by atoms with van der Waals surface area (Å²) in [5, 5.41) is 5.93. The number of nitrogens with one attached hydrogen (secondary N) is 1. The highest BCUT2D eigenvalue weighted by atomic mass is 32.2. The van der Waals surface area contributed by atoms with Crippen LogP contribution in [-0.4, -0.2) is 22.4 Å². The van der Waals surface area contributed by atoms with Crippen molar-refractivity contribution in [2.24, 2.45) is 15.9 Å². The normalized spacial score (nSPS) is 20.0. The van der Waals surface area contributed by atoms with E-state index in [4.69, 9.17) is 15.0 Å². The third-order valence-corrected chi connectivity index (χ3v) is 12.9. The highest BCUT2D eigenvalue weighted by Gasteiger charge is 2.55. The van der Waals surface area contributed by atoms with Gasteiger partial charge in [-0.1, -0.05) is 146 Å². The average molecular weight is 711 g/mol. The highest BCUT2D eigenvalue weighted by molar-refractivity contribution is 8.00. The zero-order valence-corrected chi connectivity index (χ0v) is 30.1. The molecule has 5 heteroatoms. The van der Waals surface area contributed by atoms with E-state index in [1.165, 1.54) is 49.2 Å². The molecule has 0 fully saturated rings. The number of benzene rings is 6. The molecular formula is C49H34N4S. The minimum absolute atomic E-state index is 0.115. The van der Waals surface area contributed by atoms with Gasteiger partial charge in [0.1, 0.15) is 6.17 Å². The molecule has 0 amide bonds. The standard InChI is InChI=1S/C49H34N4S/c1-2-12-32(13-3-1)47-51-30-52-48(53-47)36-22-24-45-43(29-36)49(40-19-8-6-17-38(40)39-18-7-9-20-41(39)49)42-28-34(21-23-44(42)54-45)33-14-10-15-35(27-33)46-37-16-5-4-11-31(37)25-26-50-46/h1-30,43,45,47H,(H,51,52,53). The third kappa shape index (κ3) is 4.75. The van der Waals surface area contributed by atoms with Gasteiger partial charge in [0.05, 0.1) is 17.4 Å². The molecule has 0 saturated carbocycles. The molecule has 1 aromatic heterocycles. The molecule has 3 atom stereocenters. The largest absolute Gasteiger partial charge is 0.351 e. The van der Waals surface area contributed by atoms with Crippen molar-refractivity contribution in [1.29, 1.82) is 0 Å². The summed E-state index contributed by atoms with van der Waals surface area (Å²) in [7, 11) is 0. The Morgan fingerprint density at radius 2 is 1.37 bits per heavy atom. The summed E-state index contributed by atoms with van der Waals surface area (Å²) in [6.07, 6.45) is 10.6. The summed E-state index contributed by atoms with van der Waals surface area (Å²) in [6.45, 7) is 0. The van der Waals surface area contributed by atoms with Crippen molar-refractivity contribution in [3.05, 3.63) is 204 Å². The number of allylic oxidation sites excluding steroid dienone is 1. The number of hydrogen-bond donors (Lipinski definition) is 1. The fraction of sp³-hybridized carbons (Fsp3) is 0.0816. The van der Waals surface area contributed by atoms with Gasteiger partial charge in [0, 0.05) is 38.8 Å². The maximum absolute atomic E-state index is 5.14. The van der Waals surface area contributed by atoms with Gasteiger partial charge < -0.3 is 5.32 Å². The molecule has 2 aliphatic carbocycles. The smallest absolute Gasteiger partial charge is 0.158 e. The Labute approximate surface area is 318 Å². The Morgan fingerprint density at radius 1 is 0.630 bits per heavy atom. The Kier molecular flexibility index (Phi) is 7.17. The summed E-state index contributed by atoms with van der Waals surface area (Å²) in [6, 6.07) is 55.1. The monoisotopic (exact) mass is 710 g/mol. The molecule has 3 unspecified atom stereocenters. The van der Waals surface area contributed by atoms with Crippen molar-refractivity contribution in [3.8, 4) is 33.5 Å². The maximum Gasteiger partial charge on any atom is 0.158 e. The highest BCUT2D eigenvalue weighted by Crippen LogP contribution is 2.64. The van der Waals surface area contributed by atoms with E-state index < -0.39 is 5.41 Å². The van der Waals surface area contributed by atoms with Gasteiger partial charge in [0.2, 0.25) is 0 Å². The Bertz CT molecular complexity index is 2710. The Morgan fingerprint density at radius 3 is 2.22 bits per heavy atom. The van der Waals surface area contributed by atoms with Crippen LogP contribution in [0.5, 0.6) is 0 Å². The Hall–Kier alpha value is -6.30. The van der Waals surface area contributed by atoms with Gasteiger partial charge in [-0.25, -0.2) is 9.98 Å². The van der Waals surface area contributed by atoms with Gasteiger partial charge in [0.25, 0.3) is 0 Å². The van der Waals surface area contributed by atoms with Crippen molar-refractivity contribution in [1.82, 2.24) is 10.3 Å². The first-order valence-electron chi connectivity index (χ1n) is 18.5. The van der Waals surface area contributed by atoms with Crippen molar-refractivity contribution in [2.75, 3.05) is 0 Å². The zero-order valence-electron chi connectivity index (χ0n) is 29.3. The fourth-order valence-corrected chi connectivity index (χ4v) is 10.5. The van der Waals surface area contributed by atoms with Crippen molar-refractivity contribution >= 4 is 34.7 Å². The van der Waals surface area contributed by atoms with Gasteiger partial charge in [-0.05, 0) is 74.2 Å². The first-order chi connectivity index (χ1) is 26.8. The SMILES string of the molecule is C1=CC2Sc3ccc(-c4cccc(-c5nccc6ccccc56)c4)cc3C3(c4ccccc4-c4ccccc43)C2C=C1C1=NC(c2ccccc2)NC=N1. The molecule has 3 heterocycles. The molecule has 1 N–H and O–H groups in total. The molecule has 1 spiro atoms. The summed E-state index contributed by atoms with van der Waals surface area (Å²) < 4.78 is 0. The maximum atomic E-state index is 5.14. The number of rotatable bonds is 4. The second-order valence-electron chi connectivity index (χ2n) is 14.4. The molecule has 0 radical (unpaired) electrons. The number of pyridine rings is 1. The van der Waals surface area contributed by atoms with Crippen LogP contribution in [0.15, 0.2) is 197 Å². The second kappa shape index (κ2) is 12.4. The number of nitrogens with zero attached hydrogens (tertiary/aromatic N) is 3. The second-order valence-corrected chi connectivity index (χ2v) is 15.6. The third-order valence-electron chi connectivity index (χ3n) is 11.5. The summed E-state index contributed by atoms with van der Waals surface area (Å²) in [5.41, 5.74) is 12.9. The van der Waals surface area contributed by atoms with Crippen LogP contribution in [0.1, 0.15) is 28.4 Å². The molecule has 256 valence electrons. The topological polar surface area (TPSA) is 49.6 Å². The van der Waals surface area contributed by atoms with E-state index in [-0.39, 0.29) is 17.3 Å². The molecule has 0 saturated heterocycles.